The predicted octanol–water partition coefficient (Wildman–Crippen LogP) is 3.83. The number of carbonyl (C=O) groups is 1. The van der Waals surface area contributed by atoms with Crippen molar-refractivity contribution in [1.29, 1.82) is 0 Å². The average molecular weight is 340 g/mol. The third kappa shape index (κ3) is 2.90. The number of ketones is 1. The first-order valence-electron chi connectivity index (χ1n) is 4.72. The van der Waals surface area contributed by atoms with Gasteiger partial charge in [0, 0.05) is 11.1 Å². The molecule has 88 valence electrons. The van der Waals surface area contributed by atoms with Gasteiger partial charge in [0.05, 0.1) is 10.2 Å². The fourth-order valence-electron chi connectivity index (χ4n) is 1.32. The maximum absolute atomic E-state index is 12.7. The highest BCUT2D eigenvalue weighted by atomic mass is 127. The predicted molar refractivity (Wildman–Crippen MR) is 65.3 cm³/mol. The van der Waals surface area contributed by atoms with Crippen LogP contribution < -0.4 is 4.74 Å². The quantitative estimate of drug-likeness (QED) is 0.615. The lowest BCUT2D eigenvalue weighted by molar-refractivity contribution is 0.0998. The zero-order chi connectivity index (χ0) is 12.3. The summed E-state index contributed by atoms with van der Waals surface area (Å²) in [6, 6.07) is 2.68. The van der Waals surface area contributed by atoms with Crippen LogP contribution in [0.15, 0.2) is 12.1 Å². The number of hydrogen-bond acceptors (Lipinski definition) is 2. The molecule has 0 saturated carbocycles. The van der Waals surface area contributed by atoms with Crippen LogP contribution in [0, 0.1) is 3.57 Å². The summed E-state index contributed by atoms with van der Waals surface area (Å²) in [5.41, 5.74) is -0.209. The van der Waals surface area contributed by atoms with Gasteiger partial charge in [0.2, 0.25) is 0 Å². The van der Waals surface area contributed by atoms with Gasteiger partial charge in [-0.25, -0.2) is 8.78 Å². The Morgan fingerprint density at radius 3 is 2.56 bits per heavy atom. The van der Waals surface area contributed by atoms with Crippen LogP contribution in [0.3, 0.4) is 0 Å². The summed E-state index contributed by atoms with van der Waals surface area (Å²) in [7, 11) is 0. The molecule has 0 spiro atoms. The number of benzene rings is 1. The molecule has 16 heavy (non-hydrogen) atoms. The second-order valence-corrected chi connectivity index (χ2v) is 4.32. The van der Waals surface area contributed by atoms with E-state index in [1.54, 1.807) is 6.92 Å². The van der Waals surface area contributed by atoms with Crippen LogP contribution in [0.5, 0.6) is 5.75 Å². The highest BCUT2D eigenvalue weighted by Gasteiger charge is 2.19. The molecule has 0 heterocycles. The molecule has 0 bridgehead atoms. The number of carbonyl (C=O) groups excluding carboxylic acids is 1. The lowest BCUT2D eigenvalue weighted by atomic mass is 10.0. The van der Waals surface area contributed by atoms with E-state index in [9.17, 15) is 13.6 Å². The first-order valence-corrected chi connectivity index (χ1v) is 5.80. The van der Waals surface area contributed by atoms with Crippen molar-refractivity contribution in [2.24, 2.45) is 0 Å². The van der Waals surface area contributed by atoms with Crippen LogP contribution in [0.4, 0.5) is 8.78 Å². The highest BCUT2D eigenvalue weighted by Crippen LogP contribution is 2.31. The van der Waals surface area contributed by atoms with Gasteiger partial charge in [0.1, 0.15) is 5.75 Å². The largest absolute Gasteiger partial charge is 0.493 e. The van der Waals surface area contributed by atoms with Gasteiger partial charge in [-0.15, -0.1) is 0 Å². The van der Waals surface area contributed by atoms with Gasteiger partial charge in [-0.2, -0.15) is 0 Å². The molecule has 0 unspecified atom stereocenters. The fourth-order valence-corrected chi connectivity index (χ4v) is 1.97. The smallest absolute Gasteiger partial charge is 0.264 e. The van der Waals surface area contributed by atoms with E-state index in [-0.39, 0.29) is 16.9 Å². The third-order valence-electron chi connectivity index (χ3n) is 2.02. The second kappa shape index (κ2) is 5.56. The topological polar surface area (TPSA) is 26.3 Å². The van der Waals surface area contributed by atoms with Crippen molar-refractivity contribution in [2.45, 2.75) is 20.3 Å². The standard InChI is InChI=1S/C11H11F2IO2/c1-3-16-10-5-7(6(2)15)8(11(12)13)4-9(10)14/h4-5,11H,3H2,1-2H3. The third-order valence-corrected chi connectivity index (χ3v) is 2.86. The molecule has 1 aromatic carbocycles. The maximum Gasteiger partial charge on any atom is 0.264 e. The van der Waals surface area contributed by atoms with E-state index in [1.807, 2.05) is 22.6 Å². The van der Waals surface area contributed by atoms with Crippen molar-refractivity contribution in [3.05, 3.63) is 26.8 Å². The fraction of sp³-hybridized carbons (Fsp3) is 0.364. The normalized spacial score (nSPS) is 10.6. The van der Waals surface area contributed by atoms with Crippen LogP contribution in [-0.4, -0.2) is 12.4 Å². The molecule has 1 aromatic rings. The SMILES string of the molecule is CCOc1cc(C(C)=O)c(C(F)F)cc1I. The zero-order valence-corrected chi connectivity index (χ0v) is 11.0. The molecule has 0 aromatic heterocycles. The summed E-state index contributed by atoms with van der Waals surface area (Å²) in [6.45, 7) is 3.50. The number of hydrogen-bond donors (Lipinski definition) is 0. The van der Waals surface area contributed by atoms with E-state index in [1.165, 1.54) is 19.1 Å². The monoisotopic (exact) mass is 340 g/mol. The van der Waals surface area contributed by atoms with E-state index in [4.69, 9.17) is 4.74 Å². The minimum atomic E-state index is -2.65. The number of ether oxygens (including phenoxy) is 1. The number of rotatable bonds is 4. The van der Waals surface area contributed by atoms with Gasteiger partial charge in [-0.3, -0.25) is 4.79 Å². The first kappa shape index (κ1) is 13.3. The average Bonchev–Trinajstić information content (AvgIpc) is 2.20. The summed E-state index contributed by atoms with van der Waals surface area (Å²) >= 11 is 1.91. The molecule has 0 amide bonds. The van der Waals surface area contributed by atoms with Gasteiger partial charge in [-0.1, -0.05) is 0 Å². The van der Waals surface area contributed by atoms with E-state index in [0.29, 0.717) is 15.9 Å². The van der Waals surface area contributed by atoms with Crippen LogP contribution in [0.2, 0.25) is 0 Å². The molecule has 2 nitrogen and oxygen atoms in total. The minimum absolute atomic E-state index is 0.0267. The molecule has 5 heteroatoms. The Morgan fingerprint density at radius 1 is 1.50 bits per heavy atom. The Kier molecular flexibility index (Phi) is 4.64. The van der Waals surface area contributed by atoms with E-state index >= 15 is 0 Å². The molecule has 0 N–H and O–H groups in total. The Balaban J connectivity index is 3.31. The van der Waals surface area contributed by atoms with Gasteiger partial charge < -0.3 is 4.74 Å². The van der Waals surface area contributed by atoms with Crippen LogP contribution in [-0.2, 0) is 0 Å². The number of Topliss-reactive ketones (excluding diaryl/α,β-unsaturated/α-hetero) is 1. The summed E-state index contributed by atoms with van der Waals surface area (Å²) in [4.78, 5) is 11.2. The van der Waals surface area contributed by atoms with Crippen molar-refractivity contribution in [2.75, 3.05) is 6.61 Å². The molecule has 0 saturated heterocycles. The lowest BCUT2D eigenvalue weighted by Gasteiger charge is -2.11. The molecular formula is C11H11F2IO2. The summed E-state index contributed by atoms with van der Waals surface area (Å²) in [6.07, 6.45) is -2.65. The lowest BCUT2D eigenvalue weighted by Crippen LogP contribution is -2.04. The Morgan fingerprint density at radius 2 is 2.12 bits per heavy atom. The van der Waals surface area contributed by atoms with Crippen molar-refractivity contribution in [1.82, 2.24) is 0 Å². The molecule has 0 radical (unpaired) electrons. The zero-order valence-electron chi connectivity index (χ0n) is 8.89. The van der Waals surface area contributed by atoms with Crippen LogP contribution in [0.1, 0.15) is 36.2 Å². The Bertz CT molecular complexity index is 405. The van der Waals surface area contributed by atoms with Gasteiger partial charge in [0.25, 0.3) is 6.43 Å². The summed E-state index contributed by atoms with van der Waals surface area (Å²) in [5.74, 6) is 0.0883. The Labute approximate surface area is 106 Å². The second-order valence-electron chi connectivity index (χ2n) is 3.16. The van der Waals surface area contributed by atoms with E-state index in [0.717, 1.165) is 0 Å². The maximum atomic E-state index is 12.7. The molecule has 0 atom stereocenters. The first-order chi connectivity index (χ1) is 7.47. The molecule has 0 fully saturated rings. The van der Waals surface area contributed by atoms with Gasteiger partial charge >= 0.3 is 0 Å². The number of alkyl halides is 2. The summed E-state index contributed by atoms with van der Waals surface area (Å²) < 4.78 is 31.2. The van der Waals surface area contributed by atoms with Gasteiger partial charge in [0.15, 0.2) is 5.78 Å². The molecule has 1 rings (SSSR count). The molecule has 0 aliphatic heterocycles. The van der Waals surface area contributed by atoms with Gasteiger partial charge in [-0.05, 0) is 48.6 Å². The summed E-state index contributed by atoms with van der Waals surface area (Å²) in [5, 5.41) is 0. The van der Waals surface area contributed by atoms with Crippen molar-refractivity contribution < 1.29 is 18.3 Å². The van der Waals surface area contributed by atoms with Crippen molar-refractivity contribution >= 4 is 28.4 Å². The highest BCUT2D eigenvalue weighted by molar-refractivity contribution is 14.1. The minimum Gasteiger partial charge on any atom is -0.493 e. The van der Waals surface area contributed by atoms with E-state index < -0.39 is 6.43 Å². The molecule has 0 aliphatic carbocycles. The molecule has 0 aliphatic rings. The number of halogens is 3. The van der Waals surface area contributed by atoms with Crippen LogP contribution in [0.25, 0.3) is 0 Å². The Hall–Kier alpha value is -0.720. The van der Waals surface area contributed by atoms with Crippen molar-refractivity contribution in [3.63, 3.8) is 0 Å². The van der Waals surface area contributed by atoms with Crippen molar-refractivity contribution in [3.8, 4) is 5.75 Å². The molecular weight excluding hydrogens is 329 g/mol. The van der Waals surface area contributed by atoms with Crippen LogP contribution >= 0.6 is 22.6 Å². The van der Waals surface area contributed by atoms with E-state index in [2.05, 4.69) is 0 Å².